The first-order valence-electron chi connectivity index (χ1n) is 12.0. The van der Waals surface area contributed by atoms with Gasteiger partial charge in [0, 0.05) is 12.6 Å². The number of halogens is 2. The van der Waals surface area contributed by atoms with Crippen molar-refractivity contribution in [2.24, 2.45) is 0 Å². The molecule has 6 nitrogen and oxygen atoms in total. The van der Waals surface area contributed by atoms with Gasteiger partial charge >= 0.3 is 0 Å². The van der Waals surface area contributed by atoms with Crippen molar-refractivity contribution < 1.29 is 13.6 Å². The Kier molecular flexibility index (Phi) is 6.63. The Balaban J connectivity index is 1.45. The van der Waals surface area contributed by atoms with Crippen molar-refractivity contribution >= 4 is 47.3 Å². The van der Waals surface area contributed by atoms with Crippen molar-refractivity contribution in [3.63, 3.8) is 0 Å². The van der Waals surface area contributed by atoms with Gasteiger partial charge in [-0.3, -0.25) is 0 Å². The number of benzene rings is 2. The first kappa shape index (κ1) is 24.9. The molecule has 0 radical (unpaired) electrons. The lowest BCUT2D eigenvalue weighted by molar-refractivity contribution is -0.0323. The molecule has 2 aromatic heterocycles. The van der Waals surface area contributed by atoms with Crippen LogP contribution >= 0.6 is 11.6 Å². The van der Waals surface area contributed by atoms with Crippen LogP contribution in [0.2, 0.25) is 10.2 Å². The normalized spacial score (nSPS) is 20.8. The SMILES string of the molecule is CC(C)(C)[Si](OCC1CC(F)C(n2ccc3c(Cl)nc(N)nc32)O1)(c1ccccc1)c1ccccc1. The zero-order valence-electron chi connectivity index (χ0n) is 20.6. The second-order valence-corrected chi connectivity index (χ2v) is 14.9. The molecule has 0 bridgehead atoms. The Hall–Kier alpha value is -2.78. The predicted molar refractivity (Wildman–Crippen MR) is 144 cm³/mol. The van der Waals surface area contributed by atoms with Crippen LogP contribution in [0, 0.1) is 0 Å². The highest BCUT2D eigenvalue weighted by atomic mass is 35.5. The summed E-state index contributed by atoms with van der Waals surface area (Å²) in [6.45, 7) is 6.93. The summed E-state index contributed by atoms with van der Waals surface area (Å²) in [5.41, 5.74) is 6.24. The summed E-state index contributed by atoms with van der Waals surface area (Å²) in [5, 5.41) is 3.01. The third-order valence-electron chi connectivity index (χ3n) is 6.85. The van der Waals surface area contributed by atoms with Gasteiger partial charge in [0.15, 0.2) is 6.23 Å². The van der Waals surface area contributed by atoms with E-state index < -0.39 is 26.8 Å². The van der Waals surface area contributed by atoms with Crippen LogP contribution in [0.1, 0.15) is 33.4 Å². The number of nitrogens with two attached hydrogens (primary N) is 1. The molecule has 4 aromatic rings. The van der Waals surface area contributed by atoms with Crippen LogP contribution in [-0.2, 0) is 9.16 Å². The zero-order valence-corrected chi connectivity index (χ0v) is 22.3. The van der Waals surface area contributed by atoms with Gasteiger partial charge in [-0.25, -0.2) is 9.37 Å². The van der Waals surface area contributed by atoms with Crippen molar-refractivity contribution in [2.75, 3.05) is 12.3 Å². The van der Waals surface area contributed by atoms with Gasteiger partial charge in [-0.2, -0.15) is 4.98 Å². The Bertz CT molecular complexity index is 1310. The Labute approximate surface area is 216 Å². The van der Waals surface area contributed by atoms with Crippen molar-refractivity contribution in [1.82, 2.24) is 14.5 Å². The summed E-state index contributed by atoms with van der Waals surface area (Å²) in [6.07, 6.45) is -0.563. The lowest BCUT2D eigenvalue weighted by atomic mass is 10.2. The van der Waals surface area contributed by atoms with Gasteiger partial charge in [0.25, 0.3) is 8.32 Å². The van der Waals surface area contributed by atoms with Crippen LogP contribution < -0.4 is 16.1 Å². The van der Waals surface area contributed by atoms with Gasteiger partial charge < -0.3 is 19.5 Å². The highest BCUT2D eigenvalue weighted by Gasteiger charge is 2.51. The summed E-state index contributed by atoms with van der Waals surface area (Å²) < 4.78 is 30.2. The molecule has 0 aliphatic carbocycles. The average molecular weight is 525 g/mol. The molecule has 3 atom stereocenters. The number of hydrogen-bond donors (Lipinski definition) is 1. The molecule has 1 aliphatic heterocycles. The zero-order chi connectivity index (χ0) is 25.5. The van der Waals surface area contributed by atoms with E-state index in [1.807, 2.05) is 36.4 Å². The average Bonchev–Trinajstić information content (AvgIpc) is 3.43. The summed E-state index contributed by atoms with van der Waals surface area (Å²) >= 11 is 6.21. The van der Waals surface area contributed by atoms with Gasteiger partial charge in [-0.1, -0.05) is 93.0 Å². The van der Waals surface area contributed by atoms with Crippen LogP contribution in [0.4, 0.5) is 10.3 Å². The van der Waals surface area contributed by atoms with Gasteiger partial charge in [-0.05, 0) is 21.5 Å². The summed E-state index contributed by atoms with van der Waals surface area (Å²) in [6, 6.07) is 22.5. The number of nitrogen functional groups attached to an aromatic ring is 1. The number of aromatic nitrogens is 3. The molecule has 1 aliphatic rings. The van der Waals surface area contributed by atoms with Gasteiger partial charge in [-0.15, -0.1) is 0 Å². The monoisotopic (exact) mass is 524 g/mol. The quantitative estimate of drug-likeness (QED) is 0.288. The standard InChI is InChI=1S/C27H30ClFN4O2Si/c1-27(2,3)36(19-10-6-4-7-11-19,20-12-8-5-9-13-20)34-17-18-16-22(29)25(35-18)33-15-14-21-23(28)31-26(30)32-24(21)33/h4-15,18,22,25H,16-17H2,1-3H3,(H2,30,31,32). The van der Waals surface area contributed by atoms with Crippen LogP contribution in [0.5, 0.6) is 0 Å². The molecule has 9 heteroatoms. The molecule has 2 N–H and O–H groups in total. The van der Waals surface area contributed by atoms with Crippen LogP contribution in [0.15, 0.2) is 72.9 Å². The van der Waals surface area contributed by atoms with E-state index in [1.54, 1.807) is 16.8 Å². The lowest BCUT2D eigenvalue weighted by Gasteiger charge is -2.43. The second kappa shape index (κ2) is 9.59. The van der Waals surface area contributed by atoms with E-state index in [-0.39, 0.29) is 29.2 Å². The van der Waals surface area contributed by atoms with E-state index >= 15 is 4.39 Å². The Morgan fingerprint density at radius 3 is 2.25 bits per heavy atom. The maximum atomic E-state index is 15.3. The van der Waals surface area contributed by atoms with Crippen LogP contribution in [-0.4, -0.2) is 41.7 Å². The van der Waals surface area contributed by atoms with E-state index in [1.165, 1.54) is 10.4 Å². The topological polar surface area (TPSA) is 75.2 Å². The first-order chi connectivity index (χ1) is 17.2. The molecule has 0 saturated carbocycles. The Morgan fingerprint density at radius 2 is 1.67 bits per heavy atom. The summed E-state index contributed by atoms with van der Waals surface area (Å²) in [4.78, 5) is 8.25. The van der Waals surface area contributed by atoms with Gasteiger partial charge in [0.2, 0.25) is 5.95 Å². The maximum absolute atomic E-state index is 15.3. The third kappa shape index (κ3) is 4.32. The number of hydrogen-bond acceptors (Lipinski definition) is 5. The van der Waals surface area contributed by atoms with Gasteiger partial charge in [0.1, 0.15) is 17.0 Å². The number of ether oxygens (including phenoxy) is 1. The lowest BCUT2D eigenvalue weighted by Crippen LogP contribution is -2.67. The molecular weight excluding hydrogens is 495 g/mol. The molecule has 0 spiro atoms. The molecule has 1 fully saturated rings. The fraction of sp³-hybridized carbons (Fsp3) is 0.333. The smallest absolute Gasteiger partial charge is 0.261 e. The highest BCUT2D eigenvalue weighted by Crippen LogP contribution is 2.39. The molecule has 5 rings (SSSR count). The van der Waals surface area contributed by atoms with Crippen LogP contribution in [0.3, 0.4) is 0 Å². The summed E-state index contributed by atoms with van der Waals surface area (Å²) in [5.74, 6) is 0.0346. The van der Waals surface area contributed by atoms with E-state index in [0.717, 1.165) is 0 Å². The molecule has 2 aromatic carbocycles. The number of rotatable bonds is 6. The van der Waals surface area contributed by atoms with E-state index in [9.17, 15) is 0 Å². The second-order valence-electron chi connectivity index (χ2n) is 10.2. The third-order valence-corrected chi connectivity index (χ3v) is 12.1. The van der Waals surface area contributed by atoms with E-state index in [4.69, 9.17) is 26.5 Å². The largest absolute Gasteiger partial charge is 0.405 e. The predicted octanol–water partition coefficient (Wildman–Crippen LogP) is 4.87. The fourth-order valence-corrected chi connectivity index (χ4v) is 10.1. The number of anilines is 1. The van der Waals surface area contributed by atoms with Crippen molar-refractivity contribution in [1.29, 1.82) is 0 Å². The maximum Gasteiger partial charge on any atom is 0.261 e. The highest BCUT2D eigenvalue weighted by molar-refractivity contribution is 6.99. The number of fused-ring (bicyclic) bond motifs is 1. The molecule has 0 amide bonds. The minimum Gasteiger partial charge on any atom is -0.405 e. The number of alkyl halides is 1. The summed E-state index contributed by atoms with van der Waals surface area (Å²) in [7, 11) is -2.75. The van der Waals surface area contributed by atoms with Crippen molar-refractivity contribution in [2.45, 2.75) is 50.7 Å². The minimum atomic E-state index is -2.75. The molecule has 188 valence electrons. The van der Waals surface area contributed by atoms with Crippen molar-refractivity contribution in [3.05, 3.63) is 78.1 Å². The van der Waals surface area contributed by atoms with Crippen LogP contribution in [0.25, 0.3) is 11.0 Å². The first-order valence-corrected chi connectivity index (χ1v) is 14.3. The molecular formula is C27H30ClFN4O2Si. The molecule has 3 unspecified atom stereocenters. The molecule has 3 heterocycles. The number of nitrogens with zero attached hydrogens (tertiary/aromatic N) is 3. The van der Waals surface area contributed by atoms with E-state index in [0.29, 0.717) is 11.0 Å². The minimum absolute atomic E-state index is 0.0346. The van der Waals surface area contributed by atoms with Crippen molar-refractivity contribution in [3.8, 4) is 0 Å². The van der Waals surface area contributed by atoms with E-state index in [2.05, 4.69) is 55.0 Å². The van der Waals surface area contributed by atoms with Gasteiger partial charge in [0.05, 0.1) is 18.1 Å². The molecule has 36 heavy (non-hydrogen) atoms. The fourth-order valence-electron chi connectivity index (χ4n) is 5.25. The Morgan fingerprint density at radius 1 is 1.06 bits per heavy atom. The molecule has 1 saturated heterocycles.